The second kappa shape index (κ2) is 8.08. The summed E-state index contributed by atoms with van der Waals surface area (Å²) in [5.41, 5.74) is 16.6. The van der Waals surface area contributed by atoms with Gasteiger partial charge in [-0.15, -0.1) is 0 Å². The van der Waals surface area contributed by atoms with Crippen LogP contribution in [0.15, 0.2) is 47.4 Å². The number of piperidine rings is 1. The molecule has 3 aromatic rings. The topological polar surface area (TPSA) is 98.1 Å². The molecular formula is C21H23N5OS. The van der Waals surface area contributed by atoms with Crippen molar-refractivity contribution in [1.29, 1.82) is 0 Å². The van der Waals surface area contributed by atoms with E-state index in [-0.39, 0.29) is 18.2 Å². The molecule has 0 unspecified atom stereocenters. The van der Waals surface area contributed by atoms with Crippen LogP contribution in [0.4, 0.5) is 11.4 Å². The molecule has 4 heterocycles. The molecule has 1 aliphatic heterocycles. The van der Waals surface area contributed by atoms with Crippen molar-refractivity contribution in [2.45, 2.75) is 25.3 Å². The summed E-state index contributed by atoms with van der Waals surface area (Å²) in [4.78, 5) is 24.1. The number of nitrogens with two attached hydrogens (primary N) is 2. The molecule has 0 radical (unpaired) electrons. The minimum absolute atomic E-state index is 0.106. The first-order valence-corrected chi connectivity index (χ1v) is 10.3. The molecule has 0 saturated carbocycles. The molecule has 0 aromatic carbocycles. The normalized spacial score (nSPS) is 16.9. The zero-order valence-electron chi connectivity index (χ0n) is 15.5. The molecule has 0 amide bonds. The lowest BCUT2D eigenvalue weighted by molar-refractivity contribution is 0.0989. The predicted molar refractivity (Wildman–Crippen MR) is 114 cm³/mol. The maximum Gasteiger partial charge on any atom is 0.187 e. The van der Waals surface area contributed by atoms with Gasteiger partial charge >= 0.3 is 0 Å². The van der Waals surface area contributed by atoms with Gasteiger partial charge in [-0.25, -0.2) is 4.98 Å². The minimum atomic E-state index is -0.106. The van der Waals surface area contributed by atoms with Crippen LogP contribution in [0, 0.1) is 0 Å². The number of nitrogen functional groups attached to an aromatic ring is 1. The average Bonchev–Trinajstić information content (AvgIpc) is 3.23. The number of thiophene rings is 1. The molecule has 1 fully saturated rings. The summed E-state index contributed by atoms with van der Waals surface area (Å²) in [7, 11) is 0. The van der Waals surface area contributed by atoms with E-state index in [9.17, 15) is 4.79 Å². The van der Waals surface area contributed by atoms with Gasteiger partial charge in [0.1, 0.15) is 5.69 Å². The minimum Gasteiger partial charge on any atom is -0.397 e. The van der Waals surface area contributed by atoms with Crippen LogP contribution in [0.2, 0.25) is 0 Å². The smallest absolute Gasteiger partial charge is 0.187 e. The van der Waals surface area contributed by atoms with E-state index in [0.29, 0.717) is 11.4 Å². The summed E-state index contributed by atoms with van der Waals surface area (Å²) in [5.74, 6) is -0.106. The molecule has 0 bridgehead atoms. The highest BCUT2D eigenvalue weighted by Crippen LogP contribution is 2.26. The van der Waals surface area contributed by atoms with Gasteiger partial charge in [-0.05, 0) is 42.5 Å². The summed E-state index contributed by atoms with van der Waals surface area (Å²) in [6, 6.07) is 7.69. The van der Waals surface area contributed by atoms with Crippen molar-refractivity contribution in [1.82, 2.24) is 9.97 Å². The number of carbonyl (C=O) groups is 1. The number of ketones is 1. The molecule has 0 spiro atoms. The van der Waals surface area contributed by atoms with Gasteiger partial charge in [-0.1, -0.05) is 0 Å². The second-order valence-electron chi connectivity index (χ2n) is 7.10. The van der Waals surface area contributed by atoms with Crippen LogP contribution >= 0.6 is 11.3 Å². The molecule has 1 saturated heterocycles. The molecular weight excluding hydrogens is 370 g/mol. The molecule has 0 aliphatic carbocycles. The molecule has 4 rings (SSSR count). The van der Waals surface area contributed by atoms with Crippen molar-refractivity contribution in [2.75, 3.05) is 23.7 Å². The van der Waals surface area contributed by atoms with Gasteiger partial charge in [-0.2, -0.15) is 11.3 Å². The highest BCUT2D eigenvalue weighted by atomic mass is 32.1. The summed E-state index contributed by atoms with van der Waals surface area (Å²) in [6.45, 7) is 1.73. The van der Waals surface area contributed by atoms with Crippen LogP contribution in [0.1, 0.15) is 28.9 Å². The third-order valence-electron chi connectivity index (χ3n) is 5.03. The molecule has 28 heavy (non-hydrogen) atoms. The Bertz CT molecular complexity index is 973. The number of anilines is 2. The summed E-state index contributed by atoms with van der Waals surface area (Å²) in [6.07, 6.45) is 5.80. The van der Waals surface area contributed by atoms with E-state index in [1.807, 2.05) is 29.0 Å². The van der Waals surface area contributed by atoms with E-state index >= 15 is 0 Å². The number of rotatable bonds is 5. The zero-order valence-corrected chi connectivity index (χ0v) is 16.4. The monoisotopic (exact) mass is 393 g/mol. The number of hydrogen-bond donors (Lipinski definition) is 2. The van der Waals surface area contributed by atoms with E-state index in [1.54, 1.807) is 29.8 Å². The van der Waals surface area contributed by atoms with Crippen LogP contribution < -0.4 is 16.4 Å². The maximum absolute atomic E-state index is 13.0. The highest BCUT2D eigenvalue weighted by Gasteiger charge is 2.21. The standard InChI is InChI=1S/C21H23N5OS/c22-16-2-1-8-26(12-16)19-5-7-24-11-15(19)10-20(27)21-17(23)3-4-18(25-21)14-6-9-28-13-14/h3-7,9,11,13,16H,1-2,8,10,12,22-23H2/t16-/m0/s1. The number of carbonyl (C=O) groups excluding carboxylic acids is 1. The van der Waals surface area contributed by atoms with E-state index in [2.05, 4.69) is 14.9 Å². The van der Waals surface area contributed by atoms with Gasteiger partial charge < -0.3 is 16.4 Å². The Morgan fingerprint density at radius 2 is 2.18 bits per heavy atom. The van der Waals surface area contributed by atoms with E-state index in [1.165, 1.54) is 0 Å². The summed E-state index contributed by atoms with van der Waals surface area (Å²) < 4.78 is 0. The predicted octanol–water partition coefficient (Wildman–Crippen LogP) is 3.14. The average molecular weight is 394 g/mol. The van der Waals surface area contributed by atoms with Gasteiger partial charge in [0.05, 0.1) is 11.4 Å². The summed E-state index contributed by atoms with van der Waals surface area (Å²) in [5, 5.41) is 3.99. The van der Waals surface area contributed by atoms with Gasteiger partial charge in [0.2, 0.25) is 0 Å². The van der Waals surface area contributed by atoms with Gasteiger partial charge in [-0.3, -0.25) is 9.78 Å². The van der Waals surface area contributed by atoms with Gasteiger partial charge in [0.15, 0.2) is 5.78 Å². The lowest BCUT2D eigenvalue weighted by atomic mass is 10.0. The van der Waals surface area contributed by atoms with Crippen LogP contribution in [0.3, 0.4) is 0 Å². The Morgan fingerprint density at radius 1 is 1.29 bits per heavy atom. The maximum atomic E-state index is 13.0. The van der Waals surface area contributed by atoms with Gasteiger partial charge in [0, 0.05) is 60.1 Å². The number of nitrogens with zero attached hydrogens (tertiary/aromatic N) is 3. The zero-order chi connectivity index (χ0) is 19.5. The van der Waals surface area contributed by atoms with Crippen molar-refractivity contribution in [3.8, 4) is 11.3 Å². The number of Topliss-reactive ketones (excluding diaryl/α,β-unsaturated/α-hetero) is 1. The molecule has 1 atom stereocenters. The quantitative estimate of drug-likeness (QED) is 0.646. The van der Waals surface area contributed by atoms with Crippen molar-refractivity contribution >= 4 is 28.5 Å². The molecule has 6 nitrogen and oxygen atoms in total. The lowest BCUT2D eigenvalue weighted by Gasteiger charge is -2.33. The Hall–Kier alpha value is -2.77. The molecule has 3 aromatic heterocycles. The number of hydrogen-bond acceptors (Lipinski definition) is 7. The Labute approximate surface area is 168 Å². The molecule has 144 valence electrons. The van der Waals surface area contributed by atoms with E-state index < -0.39 is 0 Å². The fourth-order valence-corrected chi connectivity index (χ4v) is 4.26. The Morgan fingerprint density at radius 3 is 2.96 bits per heavy atom. The summed E-state index contributed by atoms with van der Waals surface area (Å²) >= 11 is 1.59. The molecule has 4 N–H and O–H groups in total. The molecule has 7 heteroatoms. The Kier molecular flexibility index (Phi) is 5.36. The van der Waals surface area contributed by atoms with Crippen molar-refractivity contribution in [3.63, 3.8) is 0 Å². The fraction of sp³-hybridized carbons (Fsp3) is 0.286. The van der Waals surface area contributed by atoms with Crippen molar-refractivity contribution in [2.24, 2.45) is 5.73 Å². The van der Waals surface area contributed by atoms with Crippen LogP contribution in [0.25, 0.3) is 11.3 Å². The first-order valence-electron chi connectivity index (χ1n) is 9.37. The van der Waals surface area contributed by atoms with Crippen LogP contribution in [-0.4, -0.2) is 34.9 Å². The number of aromatic nitrogens is 2. The van der Waals surface area contributed by atoms with Crippen LogP contribution in [0.5, 0.6) is 0 Å². The largest absolute Gasteiger partial charge is 0.397 e. The van der Waals surface area contributed by atoms with Gasteiger partial charge in [0.25, 0.3) is 0 Å². The SMILES string of the molecule is Nc1ccc(-c2ccsc2)nc1C(=O)Cc1cnccc1N1CCC[C@H](N)C1. The second-order valence-corrected chi connectivity index (χ2v) is 7.88. The third kappa shape index (κ3) is 3.90. The Balaban J connectivity index is 1.60. The molecule has 1 aliphatic rings. The third-order valence-corrected chi connectivity index (χ3v) is 5.72. The van der Waals surface area contributed by atoms with Crippen molar-refractivity contribution < 1.29 is 4.79 Å². The van der Waals surface area contributed by atoms with Crippen molar-refractivity contribution in [3.05, 3.63) is 58.7 Å². The first kappa shape index (κ1) is 18.6. The first-order chi connectivity index (χ1) is 13.6. The fourth-order valence-electron chi connectivity index (χ4n) is 3.61. The lowest BCUT2D eigenvalue weighted by Crippen LogP contribution is -2.43. The number of pyridine rings is 2. The van der Waals surface area contributed by atoms with E-state index in [0.717, 1.165) is 48.4 Å². The van der Waals surface area contributed by atoms with E-state index in [4.69, 9.17) is 11.5 Å². The highest BCUT2D eigenvalue weighted by molar-refractivity contribution is 7.08. The van der Waals surface area contributed by atoms with Crippen LogP contribution in [-0.2, 0) is 6.42 Å².